The monoisotopic (exact) mass is 379 g/mol. The van der Waals surface area contributed by atoms with Crippen molar-refractivity contribution < 1.29 is 24.0 Å². The molecule has 9 heteroatoms. The normalized spacial score (nSPS) is 19.7. The second-order valence-electron chi connectivity index (χ2n) is 6.13. The molecule has 2 atom stereocenters. The highest BCUT2D eigenvalue weighted by molar-refractivity contribution is 6.30. The van der Waals surface area contributed by atoms with Crippen molar-refractivity contribution in [3.63, 3.8) is 0 Å². The quantitative estimate of drug-likeness (QED) is 0.816. The molecular formula is C17H18ClN3O5. The van der Waals surface area contributed by atoms with Gasteiger partial charge in [0.15, 0.2) is 5.82 Å². The van der Waals surface area contributed by atoms with Gasteiger partial charge in [-0.2, -0.15) is 4.98 Å². The number of benzene rings is 1. The Morgan fingerprint density at radius 1 is 1.35 bits per heavy atom. The number of nitrogens with zero attached hydrogens (tertiary/aromatic N) is 3. The number of carbonyl (C=O) groups is 2. The lowest BCUT2D eigenvalue weighted by atomic mass is 9.89. The third-order valence-corrected chi connectivity index (χ3v) is 4.56. The Bertz CT molecular complexity index is 792. The Hall–Kier alpha value is -2.45. The zero-order valence-electron chi connectivity index (χ0n) is 14.1. The maximum Gasteiger partial charge on any atom is 0.308 e. The largest absolute Gasteiger partial charge is 0.481 e. The van der Waals surface area contributed by atoms with Gasteiger partial charge in [0.25, 0.3) is 5.89 Å². The van der Waals surface area contributed by atoms with Crippen LogP contribution < -0.4 is 0 Å². The summed E-state index contributed by atoms with van der Waals surface area (Å²) >= 11 is 5.89. The fourth-order valence-electron chi connectivity index (χ4n) is 3.02. The Morgan fingerprint density at radius 2 is 2.08 bits per heavy atom. The van der Waals surface area contributed by atoms with Crippen LogP contribution in [-0.4, -0.2) is 51.7 Å². The smallest absolute Gasteiger partial charge is 0.308 e. The van der Waals surface area contributed by atoms with Gasteiger partial charge < -0.3 is 19.3 Å². The first-order valence-electron chi connectivity index (χ1n) is 8.07. The number of halogens is 1. The average Bonchev–Trinajstić information content (AvgIpc) is 3.22. The molecule has 8 nitrogen and oxygen atoms in total. The minimum absolute atomic E-state index is 0.0311. The lowest BCUT2D eigenvalue weighted by Gasteiger charge is -2.16. The standard InChI is InChI=1S/C17H18ClN3O5/c1-10-19-15(26-20-10)8-25-9-16(22)21-6-13(14(7-21)17(23)24)11-2-4-12(18)5-3-11/h2-5,13-14H,6-9H2,1H3,(H,23,24)/t13-,14+/m0/s1. The summed E-state index contributed by atoms with van der Waals surface area (Å²) in [4.78, 5) is 29.5. The van der Waals surface area contributed by atoms with Crippen molar-refractivity contribution in [3.8, 4) is 0 Å². The van der Waals surface area contributed by atoms with E-state index < -0.39 is 11.9 Å². The molecule has 1 aliphatic rings. The van der Waals surface area contributed by atoms with E-state index in [0.29, 0.717) is 23.3 Å². The zero-order valence-corrected chi connectivity index (χ0v) is 14.8. The molecule has 1 aliphatic heterocycles. The van der Waals surface area contributed by atoms with E-state index in [9.17, 15) is 14.7 Å². The molecular weight excluding hydrogens is 362 g/mol. The van der Waals surface area contributed by atoms with Crippen LogP contribution in [0.15, 0.2) is 28.8 Å². The molecule has 1 saturated heterocycles. The fraction of sp³-hybridized carbons (Fsp3) is 0.412. The number of carboxylic acids is 1. The number of ether oxygens (including phenoxy) is 1. The number of aromatic nitrogens is 2. The summed E-state index contributed by atoms with van der Waals surface area (Å²) in [7, 11) is 0. The Kier molecular flexibility index (Phi) is 5.53. The first-order valence-corrected chi connectivity index (χ1v) is 8.45. The number of amides is 1. The van der Waals surface area contributed by atoms with Gasteiger partial charge in [-0.05, 0) is 24.6 Å². The molecule has 0 unspecified atom stereocenters. The van der Waals surface area contributed by atoms with Crippen molar-refractivity contribution in [1.29, 1.82) is 0 Å². The molecule has 0 bridgehead atoms. The molecule has 2 heterocycles. The van der Waals surface area contributed by atoms with E-state index in [0.717, 1.165) is 5.56 Å². The van der Waals surface area contributed by atoms with Gasteiger partial charge in [0.05, 0.1) is 5.92 Å². The molecule has 0 radical (unpaired) electrons. The molecule has 3 rings (SSSR count). The predicted octanol–water partition coefficient (Wildman–Crippen LogP) is 1.87. The number of likely N-dealkylation sites (tertiary alicyclic amines) is 1. The highest BCUT2D eigenvalue weighted by Crippen LogP contribution is 2.33. The van der Waals surface area contributed by atoms with E-state index >= 15 is 0 Å². The first-order chi connectivity index (χ1) is 12.4. The van der Waals surface area contributed by atoms with Crippen LogP contribution in [-0.2, 0) is 20.9 Å². The second-order valence-corrected chi connectivity index (χ2v) is 6.57. The average molecular weight is 380 g/mol. The Labute approximate surface area is 154 Å². The van der Waals surface area contributed by atoms with Crippen LogP contribution in [0.4, 0.5) is 0 Å². The van der Waals surface area contributed by atoms with Gasteiger partial charge >= 0.3 is 5.97 Å². The number of aliphatic carboxylic acids is 1. The lowest BCUT2D eigenvalue weighted by Crippen LogP contribution is -2.33. The zero-order chi connectivity index (χ0) is 18.7. The molecule has 138 valence electrons. The Balaban J connectivity index is 1.60. The van der Waals surface area contributed by atoms with Crippen molar-refractivity contribution in [2.45, 2.75) is 19.4 Å². The second kappa shape index (κ2) is 7.84. The van der Waals surface area contributed by atoms with Gasteiger partial charge in [-0.25, -0.2) is 0 Å². The molecule has 1 aromatic heterocycles. The van der Waals surface area contributed by atoms with Crippen molar-refractivity contribution in [1.82, 2.24) is 15.0 Å². The molecule has 0 aliphatic carbocycles. The van der Waals surface area contributed by atoms with Gasteiger partial charge in [0.2, 0.25) is 5.91 Å². The van der Waals surface area contributed by atoms with E-state index in [1.165, 1.54) is 4.90 Å². The van der Waals surface area contributed by atoms with Crippen molar-refractivity contribution in [3.05, 3.63) is 46.6 Å². The molecule has 0 saturated carbocycles. The van der Waals surface area contributed by atoms with Gasteiger partial charge in [-0.1, -0.05) is 28.9 Å². The molecule has 0 spiro atoms. The summed E-state index contributed by atoms with van der Waals surface area (Å²) in [5.74, 6) is -1.37. The maximum atomic E-state index is 12.4. The van der Waals surface area contributed by atoms with Crippen molar-refractivity contribution in [2.75, 3.05) is 19.7 Å². The van der Waals surface area contributed by atoms with Crippen LogP contribution in [0.2, 0.25) is 5.02 Å². The number of rotatable bonds is 6. The van der Waals surface area contributed by atoms with Gasteiger partial charge in [0.1, 0.15) is 13.2 Å². The summed E-state index contributed by atoms with van der Waals surface area (Å²) in [6, 6.07) is 7.03. The van der Waals surface area contributed by atoms with Crippen LogP contribution >= 0.6 is 11.6 Å². The van der Waals surface area contributed by atoms with E-state index in [2.05, 4.69) is 10.1 Å². The van der Waals surface area contributed by atoms with Crippen LogP contribution in [0, 0.1) is 12.8 Å². The first kappa shape index (κ1) is 18.3. The summed E-state index contributed by atoms with van der Waals surface area (Å²) in [6.45, 7) is 2.00. The number of aryl methyl sites for hydroxylation is 1. The van der Waals surface area contributed by atoms with Gasteiger partial charge in [-0.15, -0.1) is 0 Å². The lowest BCUT2D eigenvalue weighted by molar-refractivity contribution is -0.142. The molecule has 1 amide bonds. The van der Waals surface area contributed by atoms with Crippen molar-refractivity contribution >= 4 is 23.5 Å². The van der Waals surface area contributed by atoms with E-state index in [1.54, 1.807) is 31.2 Å². The fourth-order valence-corrected chi connectivity index (χ4v) is 3.15. The highest BCUT2D eigenvalue weighted by Gasteiger charge is 2.40. The van der Waals surface area contributed by atoms with E-state index in [1.807, 2.05) is 0 Å². The highest BCUT2D eigenvalue weighted by atomic mass is 35.5. The van der Waals surface area contributed by atoms with Crippen LogP contribution in [0.5, 0.6) is 0 Å². The topological polar surface area (TPSA) is 106 Å². The Morgan fingerprint density at radius 3 is 2.69 bits per heavy atom. The third-order valence-electron chi connectivity index (χ3n) is 4.31. The molecule has 26 heavy (non-hydrogen) atoms. The summed E-state index contributed by atoms with van der Waals surface area (Å²) in [5.41, 5.74) is 0.847. The summed E-state index contributed by atoms with van der Waals surface area (Å²) in [5, 5.41) is 13.7. The van der Waals surface area contributed by atoms with Gasteiger partial charge in [-0.3, -0.25) is 9.59 Å². The van der Waals surface area contributed by atoms with Crippen LogP contribution in [0.25, 0.3) is 0 Å². The predicted molar refractivity (Wildman–Crippen MR) is 90.6 cm³/mol. The molecule has 1 N–H and O–H groups in total. The van der Waals surface area contributed by atoms with Crippen LogP contribution in [0.1, 0.15) is 23.2 Å². The minimum atomic E-state index is -0.928. The number of carbonyl (C=O) groups excluding carboxylic acids is 1. The van der Waals surface area contributed by atoms with Gasteiger partial charge in [0, 0.05) is 24.0 Å². The number of hydrogen-bond acceptors (Lipinski definition) is 6. The maximum absolute atomic E-state index is 12.4. The molecule has 2 aromatic rings. The molecule has 1 fully saturated rings. The number of hydrogen-bond donors (Lipinski definition) is 1. The molecule has 1 aromatic carbocycles. The van der Waals surface area contributed by atoms with Crippen LogP contribution in [0.3, 0.4) is 0 Å². The van der Waals surface area contributed by atoms with E-state index in [4.69, 9.17) is 20.9 Å². The minimum Gasteiger partial charge on any atom is -0.481 e. The summed E-state index contributed by atoms with van der Waals surface area (Å²) in [6.07, 6.45) is 0. The third kappa shape index (κ3) is 4.20. The summed E-state index contributed by atoms with van der Waals surface area (Å²) < 4.78 is 10.2. The SMILES string of the molecule is Cc1noc(COCC(=O)N2C[C@@H](C(=O)O)[C@H](c3ccc(Cl)cc3)C2)n1. The van der Waals surface area contributed by atoms with Crippen molar-refractivity contribution in [2.24, 2.45) is 5.92 Å². The number of carboxylic acid groups (broad SMARTS) is 1. The van der Waals surface area contributed by atoms with E-state index in [-0.39, 0.29) is 31.6 Å².